The molecule has 0 aromatic rings. The summed E-state index contributed by atoms with van der Waals surface area (Å²) in [6.45, 7) is 3.95. The number of amides is 1. The van der Waals surface area contributed by atoms with Crippen LogP contribution in [0.2, 0.25) is 0 Å². The van der Waals surface area contributed by atoms with Gasteiger partial charge in [0.25, 0.3) is 0 Å². The van der Waals surface area contributed by atoms with Crippen molar-refractivity contribution in [2.24, 2.45) is 0 Å². The van der Waals surface area contributed by atoms with Crippen LogP contribution in [0.5, 0.6) is 0 Å². The Morgan fingerprint density at radius 2 is 2.08 bits per heavy atom. The fraction of sp³-hybridized carbons (Fsp3) is 0.889. The molecule has 0 aliphatic carbocycles. The summed E-state index contributed by atoms with van der Waals surface area (Å²) < 4.78 is 0. The Kier molecular flexibility index (Phi) is 6.16. The topological polar surface area (TPSA) is 32.3 Å². The first kappa shape index (κ1) is 12.8. The molecule has 1 N–H and O–H groups in total. The van der Waals surface area contributed by atoms with E-state index in [0.29, 0.717) is 6.04 Å². The predicted molar refractivity (Wildman–Crippen MR) is 59.1 cm³/mol. The van der Waals surface area contributed by atoms with Gasteiger partial charge in [0.05, 0.1) is 6.04 Å². The molecule has 3 nitrogen and oxygen atoms in total. The van der Waals surface area contributed by atoms with Crippen molar-refractivity contribution in [1.29, 1.82) is 0 Å². The van der Waals surface area contributed by atoms with Crippen LogP contribution in [0.4, 0.5) is 0 Å². The lowest BCUT2D eigenvalue weighted by Gasteiger charge is -2.27. The average molecular weight is 204 g/mol. The lowest BCUT2D eigenvalue weighted by Crippen LogP contribution is -2.46. The summed E-state index contributed by atoms with van der Waals surface area (Å²) in [7, 11) is 3.66. The zero-order chi connectivity index (χ0) is 10.4. The monoisotopic (exact) mass is 204 g/mol. The second-order valence-corrected chi connectivity index (χ2v) is 4.17. The van der Waals surface area contributed by atoms with Crippen LogP contribution in [0.3, 0.4) is 0 Å². The highest BCUT2D eigenvalue weighted by Crippen LogP contribution is 2.05. The van der Waals surface area contributed by atoms with Crippen molar-refractivity contribution >= 4 is 17.7 Å². The summed E-state index contributed by atoms with van der Waals surface area (Å²) in [6, 6.07) is 0.215. The third-order valence-corrected chi connectivity index (χ3v) is 3.04. The number of hydrogen-bond donors (Lipinski definition) is 1. The highest BCUT2D eigenvalue weighted by atomic mass is 32.2. The Hall–Kier alpha value is -0.220. The van der Waals surface area contributed by atoms with E-state index in [-0.39, 0.29) is 11.9 Å². The molecule has 0 fully saturated rings. The van der Waals surface area contributed by atoms with Crippen LogP contribution in [-0.2, 0) is 4.79 Å². The standard InChI is InChI=1S/C9H20N2OS/c1-7(6-13-5)11(4)9(12)8(2)10-3/h7-8,10H,6H2,1-5H3. The molecular formula is C9H20N2OS. The minimum Gasteiger partial charge on any atom is -0.341 e. The van der Waals surface area contributed by atoms with E-state index >= 15 is 0 Å². The first-order valence-corrected chi connectivity index (χ1v) is 5.86. The first-order chi connectivity index (χ1) is 6.04. The van der Waals surface area contributed by atoms with Gasteiger partial charge in [-0.1, -0.05) is 0 Å². The van der Waals surface area contributed by atoms with Crippen LogP contribution in [0.25, 0.3) is 0 Å². The van der Waals surface area contributed by atoms with E-state index in [1.165, 1.54) is 0 Å². The maximum absolute atomic E-state index is 11.6. The fourth-order valence-electron chi connectivity index (χ4n) is 0.999. The number of thioether (sulfide) groups is 1. The van der Waals surface area contributed by atoms with Crippen LogP contribution < -0.4 is 5.32 Å². The molecule has 2 atom stereocenters. The predicted octanol–water partition coefficient (Wildman–Crippen LogP) is 0.804. The van der Waals surface area contributed by atoms with Crippen molar-refractivity contribution in [1.82, 2.24) is 10.2 Å². The zero-order valence-electron chi connectivity index (χ0n) is 9.13. The third kappa shape index (κ3) is 4.00. The molecule has 78 valence electrons. The smallest absolute Gasteiger partial charge is 0.239 e. The molecule has 0 saturated heterocycles. The highest BCUT2D eigenvalue weighted by Gasteiger charge is 2.19. The average Bonchev–Trinajstić information content (AvgIpc) is 2.14. The minimum absolute atomic E-state index is 0.0886. The van der Waals surface area contributed by atoms with Crippen molar-refractivity contribution in [3.8, 4) is 0 Å². The van der Waals surface area contributed by atoms with Gasteiger partial charge in [-0.15, -0.1) is 0 Å². The Morgan fingerprint density at radius 3 is 2.46 bits per heavy atom. The summed E-state index contributed by atoms with van der Waals surface area (Å²) in [5.74, 6) is 1.14. The highest BCUT2D eigenvalue weighted by molar-refractivity contribution is 7.98. The van der Waals surface area contributed by atoms with Gasteiger partial charge >= 0.3 is 0 Å². The maximum atomic E-state index is 11.6. The van der Waals surface area contributed by atoms with Crippen molar-refractivity contribution in [3.63, 3.8) is 0 Å². The summed E-state index contributed by atoms with van der Waals surface area (Å²) in [4.78, 5) is 13.4. The Balaban J connectivity index is 4.08. The maximum Gasteiger partial charge on any atom is 0.239 e. The number of likely N-dealkylation sites (N-methyl/N-ethyl adjacent to an activating group) is 2. The van der Waals surface area contributed by atoms with E-state index in [0.717, 1.165) is 5.75 Å². The molecule has 2 unspecified atom stereocenters. The Bertz CT molecular complexity index is 164. The summed E-state index contributed by atoms with van der Waals surface area (Å²) in [5.41, 5.74) is 0. The SMILES string of the molecule is CNC(C)C(=O)N(C)C(C)CSC. The van der Waals surface area contributed by atoms with E-state index in [1.54, 1.807) is 23.7 Å². The fourth-order valence-corrected chi connectivity index (χ4v) is 1.71. The van der Waals surface area contributed by atoms with Crippen molar-refractivity contribution in [2.45, 2.75) is 25.9 Å². The molecule has 0 aliphatic rings. The molecule has 0 aromatic carbocycles. The van der Waals surface area contributed by atoms with Gasteiger partial charge in [0, 0.05) is 18.8 Å². The van der Waals surface area contributed by atoms with Crippen LogP contribution in [0.1, 0.15) is 13.8 Å². The van der Waals surface area contributed by atoms with Gasteiger partial charge in [-0.25, -0.2) is 0 Å². The van der Waals surface area contributed by atoms with Gasteiger partial charge < -0.3 is 10.2 Å². The number of nitrogens with one attached hydrogen (secondary N) is 1. The lowest BCUT2D eigenvalue weighted by atomic mass is 10.2. The van der Waals surface area contributed by atoms with Gasteiger partial charge in [-0.05, 0) is 27.2 Å². The Morgan fingerprint density at radius 1 is 1.54 bits per heavy atom. The van der Waals surface area contributed by atoms with Crippen LogP contribution in [0, 0.1) is 0 Å². The molecule has 4 heteroatoms. The summed E-state index contributed by atoms with van der Waals surface area (Å²) in [5, 5.41) is 2.94. The van der Waals surface area contributed by atoms with Gasteiger partial charge in [0.2, 0.25) is 5.91 Å². The number of hydrogen-bond acceptors (Lipinski definition) is 3. The quantitative estimate of drug-likeness (QED) is 0.719. The van der Waals surface area contributed by atoms with Gasteiger partial charge in [-0.3, -0.25) is 4.79 Å². The van der Waals surface area contributed by atoms with Gasteiger partial charge in [0.1, 0.15) is 0 Å². The molecular weight excluding hydrogens is 184 g/mol. The molecule has 0 heterocycles. The van der Waals surface area contributed by atoms with Crippen molar-refractivity contribution in [3.05, 3.63) is 0 Å². The second kappa shape index (κ2) is 6.27. The number of rotatable bonds is 5. The molecule has 0 bridgehead atoms. The molecule has 1 amide bonds. The molecule has 0 rings (SSSR count). The van der Waals surface area contributed by atoms with Gasteiger partial charge in [-0.2, -0.15) is 11.8 Å². The van der Waals surface area contributed by atoms with E-state index in [4.69, 9.17) is 0 Å². The van der Waals surface area contributed by atoms with E-state index in [9.17, 15) is 4.79 Å². The molecule has 13 heavy (non-hydrogen) atoms. The molecule has 0 aromatic heterocycles. The van der Waals surface area contributed by atoms with Crippen LogP contribution in [0.15, 0.2) is 0 Å². The summed E-state index contributed by atoms with van der Waals surface area (Å²) >= 11 is 1.76. The lowest BCUT2D eigenvalue weighted by molar-refractivity contribution is -0.132. The second-order valence-electron chi connectivity index (χ2n) is 3.26. The number of nitrogens with zero attached hydrogens (tertiary/aromatic N) is 1. The normalized spacial score (nSPS) is 15.2. The minimum atomic E-state index is -0.0886. The largest absolute Gasteiger partial charge is 0.341 e. The van der Waals surface area contributed by atoms with E-state index in [2.05, 4.69) is 18.5 Å². The third-order valence-electron chi connectivity index (χ3n) is 2.22. The Labute approximate surface area is 85.3 Å². The molecule has 0 saturated carbocycles. The van der Waals surface area contributed by atoms with E-state index < -0.39 is 0 Å². The van der Waals surface area contributed by atoms with Crippen LogP contribution >= 0.6 is 11.8 Å². The molecule has 0 spiro atoms. The van der Waals surface area contributed by atoms with E-state index in [1.807, 2.05) is 14.0 Å². The van der Waals surface area contributed by atoms with Crippen molar-refractivity contribution < 1.29 is 4.79 Å². The summed E-state index contributed by atoms with van der Waals surface area (Å²) in [6.07, 6.45) is 2.05. The van der Waals surface area contributed by atoms with Crippen molar-refractivity contribution in [2.75, 3.05) is 26.1 Å². The van der Waals surface area contributed by atoms with Gasteiger partial charge in [0.15, 0.2) is 0 Å². The molecule has 0 aliphatic heterocycles. The first-order valence-electron chi connectivity index (χ1n) is 4.47. The molecule has 0 radical (unpaired) electrons. The number of carbonyl (C=O) groups is 1. The van der Waals surface area contributed by atoms with Crippen LogP contribution in [-0.4, -0.2) is 49.0 Å². The number of carbonyl (C=O) groups excluding carboxylic acids is 1. The zero-order valence-corrected chi connectivity index (χ0v) is 9.94.